The number of hydrogen-bond acceptors (Lipinski definition) is 4. The molecule has 0 spiro atoms. The second-order valence-corrected chi connectivity index (χ2v) is 6.23. The molecule has 0 saturated carbocycles. The van der Waals surface area contributed by atoms with Crippen LogP contribution >= 0.6 is 11.6 Å². The van der Waals surface area contributed by atoms with Crippen LogP contribution in [0, 0.1) is 0 Å². The fraction of sp³-hybridized carbons (Fsp3) is 0. The Morgan fingerprint density at radius 2 is 1.89 bits per heavy atom. The lowest BCUT2D eigenvalue weighted by atomic mass is 10.0. The van der Waals surface area contributed by atoms with E-state index in [1.165, 1.54) is 12.5 Å². The maximum atomic E-state index is 12.7. The minimum absolute atomic E-state index is 0.327. The zero-order chi connectivity index (χ0) is 18.6. The van der Waals surface area contributed by atoms with Gasteiger partial charge in [-0.25, -0.2) is 10.4 Å². The van der Waals surface area contributed by atoms with Crippen molar-refractivity contribution in [1.82, 2.24) is 10.4 Å². The lowest BCUT2D eigenvalue weighted by Crippen LogP contribution is -2.18. The summed E-state index contributed by atoms with van der Waals surface area (Å²) in [5.41, 5.74) is 5.31. The summed E-state index contributed by atoms with van der Waals surface area (Å²) in [5.74, 6) is 0.225. The normalized spacial score (nSPS) is 11.1. The number of aromatic nitrogens is 1. The Balaban J connectivity index is 1.71. The molecule has 2 aromatic carbocycles. The predicted molar refractivity (Wildman–Crippen MR) is 106 cm³/mol. The third-order valence-corrected chi connectivity index (χ3v) is 4.25. The molecule has 0 aliphatic heterocycles. The number of furan rings is 1. The van der Waals surface area contributed by atoms with E-state index in [4.69, 9.17) is 16.0 Å². The molecule has 0 radical (unpaired) electrons. The Kier molecular flexibility index (Phi) is 4.68. The van der Waals surface area contributed by atoms with Crippen molar-refractivity contribution in [2.24, 2.45) is 5.10 Å². The van der Waals surface area contributed by atoms with Crippen molar-refractivity contribution in [3.63, 3.8) is 0 Å². The molecule has 1 N–H and O–H groups in total. The number of hydrogen-bond donors (Lipinski definition) is 1. The number of rotatable bonds is 4. The topological polar surface area (TPSA) is 67.5 Å². The molecule has 0 atom stereocenters. The molecule has 0 fully saturated rings. The first-order valence-electron chi connectivity index (χ1n) is 8.23. The van der Waals surface area contributed by atoms with E-state index < -0.39 is 0 Å². The summed E-state index contributed by atoms with van der Waals surface area (Å²) in [7, 11) is 0. The Hall–Kier alpha value is -3.44. The number of halogens is 1. The van der Waals surface area contributed by atoms with Crippen molar-refractivity contribution >= 4 is 34.6 Å². The lowest BCUT2D eigenvalue weighted by Gasteiger charge is -2.09. The van der Waals surface area contributed by atoms with E-state index in [2.05, 4.69) is 15.5 Å². The van der Waals surface area contributed by atoms with Crippen molar-refractivity contribution in [1.29, 1.82) is 0 Å². The number of benzene rings is 2. The van der Waals surface area contributed by atoms with Crippen LogP contribution in [0.2, 0.25) is 5.02 Å². The first kappa shape index (κ1) is 17.0. The number of carbonyl (C=O) groups excluding carboxylic acids is 1. The molecule has 132 valence electrons. The maximum Gasteiger partial charge on any atom is 0.272 e. The van der Waals surface area contributed by atoms with Gasteiger partial charge in [-0.3, -0.25) is 4.79 Å². The van der Waals surface area contributed by atoms with Crippen LogP contribution in [0.1, 0.15) is 16.1 Å². The van der Waals surface area contributed by atoms with E-state index in [9.17, 15) is 4.79 Å². The Morgan fingerprint density at radius 3 is 2.67 bits per heavy atom. The quantitative estimate of drug-likeness (QED) is 0.407. The predicted octanol–water partition coefficient (Wildman–Crippen LogP) is 4.91. The van der Waals surface area contributed by atoms with Crippen LogP contribution in [-0.2, 0) is 0 Å². The first-order chi connectivity index (χ1) is 13.2. The summed E-state index contributed by atoms with van der Waals surface area (Å²) in [6, 6.07) is 20.1. The second kappa shape index (κ2) is 7.43. The summed E-state index contributed by atoms with van der Waals surface area (Å²) < 4.78 is 5.16. The molecule has 2 heterocycles. The van der Waals surface area contributed by atoms with Crippen LogP contribution in [-0.4, -0.2) is 17.1 Å². The number of pyridine rings is 1. The van der Waals surface area contributed by atoms with E-state index in [1.807, 2.05) is 36.4 Å². The number of nitrogens with one attached hydrogen (secondary N) is 1. The van der Waals surface area contributed by atoms with Crippen molar-refractivity contribution in [2.45, 2.75) is 0 Å². The summed E-state index contributed by atoms with van der Waals surface area (Å²) in [4.78, 5) is 17.4. The first-order valence-corrected chi connectivity index (χ1v) is 8.61. The summed E-state index contributed by atoms with van der Waals surface area (Å²) >= 11 is 5.97. The van der Waals surface area contributed by atoms with Gasteiger partial charge in [-0.1, -0.05) is 41.9 Å². The van der Waals surface area contributed by atoms with E-state index in [0.29, 0.717) is 22.0 Å². The molecule has 0 saturated heterocycles. The van der Waals surface area contributed by atoms with E-state index in [-0.39, 0.29) is 5.91 Å². The molecule has 0 unspecified atom stereocenters. The lowest BCUT2D eigenvalue weighted by molar-refractivity contribution is 0.0956. The molecule has 27 heavy (non-hydrogen) atoms. The molecule has 4 rings (SSSR count). The van der Waals surface area contributed by atoms with Gasteiger partial charge in [0.2, 0.25) is 0 Å². The zero-order valence-electron chi connectivity index (χ0n) is 14.1. The van der Waals surface area contributed by atoms with Gasteiger partial charge in [-0.15, -0.1) is 0 Å². The highest BCUT2D eigenvalue weighted by molar-refractivity contribution is 6.30. The molecule has 4 aromatic rings. The van der Waals surface area contributed by atoms with Gasteiger partial charge in [0, 0.05) is 16.0 Å². The number of nitrogens with zero attached hydrogens (tertiary/aromatic N) is 2. The molecule has 0 bridgehead atoms. The zero-order valence-corrected chi connectivity index (χ0v) is 14.9. The van der Waals surface area contributed by atoms with Crippen LogP contribution in [0.5, 0.6) is 0 Å². The average molecular weight is 376 g/mol. The van der Waals surface area contributed by atoms with E-state index in [1.54, 1.807) is 30.3 Å². The van der Waals surface area contributed by atoms with E-state index in [0.717, 1.165) is 16.5 Å². The fourth-order valence-electron chi connectivity index (χ4n) is 2.71. The van der Waals surface area contributed by atoms with Crippen LogP contribution in [0.15, 0.2) is 82.5 Å². The standard InChI is InChI=1S/C21H14ClN3O2/c22-15-9-7-14(8-10-15)20-12-18(17-5-1-2-6-19(17)24-20)21(26)25-23-13-16-4-3-11-27-16/h1-13H,(H,25,26)/b23-13-. The van der Waals surface area contributed by atoms with Crippen LogP contribution in [0.4, 0.5) is 0 Å². The number of fused-ring (bicyclic) bond motifs is 1. The van der Waals surface area contributed by atoms with Crippen molar-refractivity contribution in [3.05, 3.63) is 89.3 Å². The monoisotopic (exact) mass is 375 g/mol. The van der Waals surface area contributed by atoms with Gasteiger partial charge < -0.3 is 4.42 Å². The number of para-hydroxylation sites is 1. The van der Waals surface area contributed by atoms with Gasteiger partial charge in [-0.2, -0.15) is 5.10 Å². The largest absolute Gasteiger partial charge is 0.463 e. The summed E-state index contributed by atoms with van der Waals surface area (Å²) in [6.45, 7) is 0. The highest BCUT2D eigenvalue weighted by Gasteiger charge is 2.13. The number of amides is 1. The van der Waals surface area contributed by atoms with Gasteiger partial charge in [0.15, 0.2) is 0 Å². The average Bonchev–Trinajstić information content (AvgIpc) is 3.21. The molecule has 2 aromatic heterocycles. The molecule has 0 aliphatic rings. The minimum atomic E-state index is -0.327. The highest BCUT2D eigenvalue weighted by Crippen LogP contribution is 2.26. The Bertz CT molecular complexity index is 1120. The summed E-state index contributed by atoms with van der Waals surface area (Å²) in [6.07, 6.45) is 2.99. The van der Waals surface area contributed by atoms with Crippen LogP contribution < -0.4 is 5.43 Å². The Morgan fingerprint density at radius 1 is 1.07 bits per heavy atom. The highest BCUT2D eigenvalue weighted by atomic mass is 35.5. The number of hydrazone groups is 1. The van der Waals surface area contributed by atoms with Crippen molar-refractivity contribution in [3.8, 4) is 11.3 Å². The van der Waals surface area contributed by atoms with E-state index >= 15 is 0 Å². The molecular formula is C21H14ClN3O2. The molecule has 5 nitrogen and oxygen atoms in total. The summed E-state index contributed by atoms with van der Waals surface area (Å²) in [5, 5.41) is 5.35. The second-order valence-electron chi connectivity index (χ2n) is 5.79. The number of carbonyl (C=O) groups is 1. The van der Waals surface area contributed by atoms with Gasteiger partial charge in [0.1, 0.15) is 5.76 Å². The minimum Gasteiger partial charge on any atom is -0.463 e. The van der Waals surface area contributed by atoms with Gasteiger partial charge in [0.05, 0.1) is 29.3 Å². The molecule has 6 heteroatoms. The van der Waals surface area contributed by atoms with Crippen molar-refractivity contribution in [2.75, 3.05) is 0 Å². The van der Waals surface area contributed by atoms with Gasteiger partial charge in [-0.05, 0) is 36.4 Å². The van der Waals surface area contributed by atoms with Gasteiger partial charge in [0.25, 0.3) is 5.91 Å². The Labute approximate surface area is 160 Å². The molecule has 1 amide bonds. The smallest absolute Gasteiger partial charge is 0.272 e. The third-order valence-electron chi connectivity index (χ3n) is 4.00. The molecule has 0 aliphatic carbocycles. The van der Waals surface area contributed by atoms with Crippen LogP contribution in [0.3, 0.4) is 0 Å². The fourth-order valence-corrected chi connectivity index (χ4v) is 2.84. The maximum absolute atomic E-state index is 12.7. The van der Waals surface area contributed by atoms with Gasteiger partial charge >= 0.3 is 0 Å². The molecular weight excluding hydrogens is 362 g/mol. The SMILES string of the molecule is O=C(N/N=C\c1ccco1)c1cc(-c2ccc(Cl)cc2)nc2ccccc12. The third kappa shape index (κ3) is 3.73. The van der Waals surface area contributed by atoms with Crippen LogP contribution in [0.25, 0.3) is 22.2 Å². The van der Waals surface area contributed by atoms with Crippen molar-refractivity contribution < 1.29 is 9.21 Å².